The third kappa shape index (κ3) is 2.12. The minimum Gasteiger partial charge on any atom is -0.355 e. The number of hydrogen-bond donors (Lipinski definition) is 1. The summed E-state index contributed by atoms with van der Waals surface area (Å²) in [5, 5.41) is 6.29. The van der Waals surface area contributed by atoms with E-state index < -0.39 is 0 Å². The standard InChI is InChI=1S/C11H12N2S/c1-9(10-5-3-2-4-6-10)13-11-12-7-8-14-11/h2-9H,1H3,(H,12,13). The number of nitrogens with one attached hydrogen (secondary N) is 1. The van der Waals surface area contributed by atoms with E-state index in [-0.39, 0.29) is 0 Å². The second-order valence-corrected chi connectivity index (χ2v) is 4.01. The van der Waals surface area contributed by atoms with Crippen LogP contribution in [0.4, 0.5) is 5.13 Å². The van der Waals surface area contributed by atoms with Gasteiger partial charge in [-0.05, 0) is 12.5 Å². The van der Waals surface area contributed by atoms with Gasteiger partial charge in [0.2, 0.25) is 0 Å². The van der Waals surface area contributed by atoms with E-state index >= 15 is 0 Å². The van der Waals surface area contributed by atoms with E-state index in [1.165, 1.54) is 5.56 Å². The average Bonchev–Trinajstić information content (AvgIpc) is 2.72. The molecule has 0 fully saturated rings. The van der Waals surface area contributed by atoms with E-state index in [9.17, 15) is 0 Å². The summed E-state index contributed by atoms with van der Waals surface area (Å²) in [5.74, 6) is 0. The maximum atomic E-state index is 4.19. The molecule has 1 aromatic carbocycles. The van der Waals surface area contributed by atoms with Crippen LogP contribution >= 0.6 is 11.3 Å². The molecule has 2 aromatic rings. The second kappa shape index (κ2) is 4.24. The Kier molecular flexibility index (Phi) is 2.79. The normalized spacial score (nSPS) is 12.4. The smallest absolute Gasteiger partial charge is 0.183 e. The van der Waals surface area contributed by atoms with Crippen molar-refractivity contribution < 1.29 is 0 Å². The molecule has 0 aliphatic rings. The van der Waals surface area contributed by atoms with Crippen molar-refractivity contribution in [1.29, 1.82) is 0 Å². The Labute approximate surface area is 87.6 Å². The van der Waals surface area contributed by atoms with E-state index in [4.69, 9.17) is 0 Å². The van der Waals surface area contributed by atoms with Gasteiger partial charge < -0.3 is 5.32 Å². The molecular formula is C11H12N2S. The lowest BCUT2D eigenvalue weighted by Gasteiger charge is -2.12. The molecule has 1 unspecified atom stereocenters. The minimum absolute atomic E-state index is 0.308. The fourth-order valence-electron chi connectivity index (χ4n) is 1.30. The first-order chi connectivity index (χ1) is 6.86. The third-order valence-electron chi connectivity index (χ3n) is 2.07. The first kappa shape index (κ1) is 9.21. The Balaban J connectivity index is 2.07. The number of hydrogen-bond acceptors (Lipinski definition) is 3. The van der Waals surface area contributed by atoms with Crippen molar-refractivity contribution in [3.05, 3.63) is 47.5 Å². The van der Waals surface area contributed by atoms with E-state index in [2.05, 4.69) is 41.5 Å². The lowest BCUT2D eigenvalue weighted by molar-refractivity contribution is 0.882. The summed E-state index contributed by atoms with van der Waals surface area (Å²) >= 11 is 1.62. The average molecular weight is 204 g/mol. The summed E-state index contributed by atoms with van der Waals surface area (Å²) in [5.41, 5.74) is 1.28. The molecule has 0 aliphatic carbocycles. The van der Waals surface area contributed by atoms with E-state index in [1.54, 1.807) is 11.3 Å². The number of rotatable bonds is 3. The Morgan fingerprint density at radius 2 is 2.07 bits per heavy atom. The number of anilines is 1. The summed E-state index contributed by atoms with van der Waals surface area (Å²) in [6, 6.07) is 10.7. The molecule has 1 aromatic heterocycles. The summed E-state index contributed by atoms with van der Waals surface area (Å²) < 4.78 is 0. The molecule has 1 N–H and O–H groups in total. The van der Waals surface area contributed by atoms with Gasteiger partial charge >= 0.3 is 0 Å². The highest BCUT2D eigenvalue weighted by Gasteiger charge is 2.04. The number of benzene rings is 1. The van der Waals surface area contributed by atoms with Crippen LogP contribution in [0.2, 0.25) is 0 Å². The molecule has 2 rings (SSSR count). The molecule has 1 heterocycles. The highest BCUT2D eigenvalue weighted by atomic mass is 32.1. The first-order valence-electron chi connectivity index (χ1n) is 4.57. The molecule has 1 atom stereocenters. The van der Waals surface area contributed by atoms with Gasteiger partial charge in [-0.25, -0.2) is 4.98 Å². The Hall–Kier alpha value is -1.35. The minimum atomic E-state index is 0.308. The molecule has 0 bridgehead atoms. The molecule has 0 saturated carbocycles. The fraction of sp³-hybridized carbons (Fsp3) is 0.182. The van der Waals surface area contributed by atoms with Gasteiger partial charge in [0, 0.05) is 11.6 Å². The lowest BCUT2D eigenvalue weighted by atomic mass is 10.1. The highest BCUT2D eigenvalue weighted by molar-refractivity contribution is 7.13. The fourth-order valence-corrected chi connectivity index (χ4v) is 1.92. The predicted octanol–water partition coefficient (Wildman–Crippen LogP) is 3.32. The monoisotopic (exact) mass is 204 g/mol. The summed E-state index contributed by atoms with van der Waals surface area (Å²) in [6.45, 7) is 2.14. The zero-order valence-corrected chi connectivity index (χ0v) is 8.79. The van der Waals surface area contributed by atoms with Crippen LogP contribution in [-0.2, 0) is 0 Å². The molecule has 0 amide bonds. The van der Waals surface area contributed by atoms with Gasteiger partial charge in [0.1, 0.15) is 0 Å². The molecule has 0 radical (unpaired) electrons. The second-order valence-electron chi connectivity index (χ2n) is 3.11. The Morgan fingerprint density at radius 1 is 1.29 bits per heavy atom. The van der Waals surface area contributed by atoms with Gasteiger partial charge in [-0.2, -0.15) is 0 Å². The van der Waals surface area contributed by atoms with Crippen molar-refractivity contribution in [3.63, 3.8) is 0 Å². The van der Waals surface area contributed by atoms with Gasteiger partial charge in [-0.1, -0.05) is 30.3 Å². The van der Waals surface area contributed by atoms with Crippen molar-refractivity contribution in [2.24, 2.45) is 0 Å². The molecule has 72 valence electrons. The summed E-state index contributed by atoms with van der Waals surface area (Å²) in [6.07, 6.45) is 1.81. The Bertz CT molecular complexity index is 369. The quantitative estimate of drug-likeness (QED) is 0.829. The Morgan fingerprint density at radius 3 is 2.71 bits per heavy atom. The number of aromatic nitrogens is 1. The maximum Gasteiger partial charge on any atom is 0.183 e. The van der Waals surface area contributed by atoms with Crippen LogP contribution in [-0.4, -0.2) is 4.98 Å². The topological polar surface area (TPSA) is 24.9 Å². The van der Waals surface area contributed by atoms with Crippen molar-refractivity contribution in [3.8, 4) is 0 Å². The SMILES string of the molecule is CC(Nc1nccs1)c1ccccc1. The van der Waals surface area contributed by atoms with Gasteiger partial charge in [0.25, 0.3) is 0 Å². The van der Waals surface area contributed by atoms with Crippen LogP contribution in [0.15, 0.2) is 41.9 Å². The zero-order chi connectivity index (χ0) is 9.80. The van der Waals surface area contributed by atoms with Gasteiger partial charge in [0.15, 0.2) is 5.13 Å². The van der Waals surface area contributed by atoms with Crippen LogP contribution in [0, 0.1) is 0 Å². The molecule has 0 saturated heterocycles. The maximum absolute atomic E-state index is 4.19. The zero-order valence-electron chi connectivity index (χ0n) is 7.97. The molecule has 0 aliphatic heterocycles. The largest absolute Gasteiger partial charge is 0.355 e. The van der Waals surface area contributed by atoms with E-state index in [0.717, 1.165) is 5.13 Å². The summed E-state index contributed by atoms with van der Waals surface area (Å²) in [7, 11) is 0. The summed E-state index contributed by atoms with van der Waals surface area (Å²) in [4.78, 5) is 4.19. The first-order valence-corrected chi connectivity index (χ1v) is 5.45. The highest BCUT2D eigenvalue weighted by Crippen LogP contribution is 2.19. The molecular weight excluding hydrogens is 192 g/mol. The van der Waals surface area contributed by atoms with Gasteiger partial charge in [-0.3, -0.25) is 0 Å². The molecule has 3 heteroatoms. The van der Waals surface area contributed by atoms with E-state index in [0.29, 0.717) is 6.04 Å². The van der Waals surface area contributed by atoms with Crippen molar-refractivity contribution >= 4 is 16.5 Å². The lowest BCUT2D eigenvalue weighted by Crippen LogP contribution is -2.05. The van der Waals surface area contributed by atoms with Gasteiger partial charge in [-0.15, -0.1) is 11.3 Å². The number of nitrogens with zero attached hydrogens (tertiary/aromatic N) is 1. The number of thiazole rings is 1. The van der Waals surface area contributed by atoms with Crippen LogP contribution < -0.4 is 5.32 Å². The van der Waals surface area contributed by atoms with Crippen LogP contribution in [0.1, 0.15) is 18.5 Å². The van der Waals surface area contributed by atoms with E-state index in [1.807, 2.05) is 17.6 Å². The molecule has 0 spiro atoms. The van der Waals surface area contributed by atoms with Crippen molar-refractivity contribution in [2.75, 3.05) is 5.32 Å². The predicted molar refractivity (Wildman–Crippen MR) is 60.6 cm³/mol. The van der Waals surface area contributed by atoms with Crippen molar-refractivity contribution in [2.45, 2.75) is 13.0 Å². The van der Waals surface area contributed by atoms with Crippen LogP contribution in [0.5, 0.6) is 0 Å². The third-order valence-corrected chi connectivity index (χ3v) is 2.78. The van der Waals surface area contributed by atoms with Crippen molar-refractivity contribution in [1.82, 2.24) is 4.98 Å². The molecule has 14 heavy (non-hydrogen) atoms. The van der Waals surface area contributed by atoms with Gasteiger partial charge in [0.05, 0.1) is 6.04 Å². The van der Waals surface area contributed by atoms with Crippen LogP contribution in [0.3, 0.4) is 0 Å². The molecule has 2 nitrogen and oxygen atoms in total. The van der Waals surface area contributed by atoms with Crippen LogP contribution in [0.25, 0.3) is 0 Å².